The molecule has 0 spiro atoms. The molecule has 1 amide bonds. The number of amides is 1. The number of sulfonamides is 1. The second-order valence-electron chi connectivity index (χ2n) is 7.74. The molecule has 0 unspecified atom stereocenters. The molecule has 0 aromatic heterocycles. The average molecular weight is 431 g/mol. The van der Waals surface area contributed by atoms with Gasteiger partial charge in [0.05, 0.1) is 18.0 Å². The standard InChI is InChI=1S/C22H26N2O5S/c1-30(26,27)24-15-14-21(29-20-9-5-4-8-19(20)24)22(25)23-16-10-12-18(13-11-16)28-17-6-2-3-7-17/h4-5,8-13,17,21H,2-3,6-7,14-15H2,1H3,(H,23,25)/t21-/m0/s1. The van der Waals surface area contributed by atoms with Gasteiger partial charge in [-0.05, 0) is 62.1 Å². The van der Waals surface area contributed by atoms with E-state index in [1.165, 1.54) is 17.1 Å². The Morgan fingerprint density at radius 1 is 1.07 bits per heavy atom. The van der Waals surface area contributed by atoms with Gasteiger partial charge in [-0.1, -0.05) is 12.1 Å². The number of fused-ring (bicyclic) bond motifs is 1. The summed E-state index contributed by atoms with van der Waals surface area (Å²) >= 11 is 0. The number of rotatable bonds is 5. The third-order valence-corrected chi connectivity index (χ3v) is 6.60. The van der Waals surface area contributed by atoms with E-state index < -0.39 is 16.1 Å². The minimum atomic E-state index is -3.48. The molecule has 0 bridgehead atoms. The number of para-hydroxylation sites is 2. The van der Waals surface area contributed by atoms with E-state index >= 15 is 0 Å². The number of hydrogen-bond acceptors (Lipinski definition) is 5. The van der Waals surface area contributed by atoms with Crippen LogP contribution in [0.5, 0.6) is 11.5 Å². The molecule has 1 N–H and O–H groups in total. The summed E-state index contributed by atoms with van der Waals surface area (Å²) in [6, 6.07) is 14.2. The first kappa shape index (κ1) is 20.5. The number of hydrogen-bond donors (Lipinski definition) is 1. The average Bonchev–Trinajstić information content (AvgIpc) is 3.13. The molecular formula is C22H26N2O5S. The maximum absolute atomic E-state index is 12.8. The minimum Gasteiger partial charge on any atom is -0.490 e. The van der Waals surface area contributed by atoms with E-state index in [0.717, 1.165) is 24.8 Å². The summed E-state index contributed by atoms with van der Waals surface area (Å²) in [5.74, 6) is 0.855. The Hall–Kier alpha value is -2.74. The molecule has 8 heteroatoms. The Balaban J connectivity index is 1.43. The van der Waals surface area contributed by atoms with Crippen molar-refractivity contribution in [3.8, 4) is 11.5 Å². The predicted octanol–water partition coefficient (Wildman–Crippen LogP) is 3.56. The first-order chi connectivity index (χ1) is 14.4. The molecular weight excluding hydrogens is 404 g/mol. The zero-order valence-electron chi connectivity index (χ0n) is 16.9. The topological polar surface area (TPSA) is 84.9 Å². The van der Waals surface area contributed by atoms with Crippen molar-refractivity contribution in [2.45, 2.75) is 44.3 Å². The van der Waals surface area contributed by atoms with Crippen LogP contribution in [0.4, 0.5) is 11.4 Å². The number of nitrogens with one attached hydrogen (secondary N) is 1. The zero-order chi connectivity index (χ0) is 21.1. The number of carbonyl (C=O) groups is 1. The quantitative estimate of drug-likeness (QED) is 0.784. The Morgan fingerprint density at radius 3 is 2.47 bits per heavy atom. The van der Waals surface area contributed by atoms with Crippen LogP contribution in [0.1, 0.15) is 32.1 Å². The number of benzene rings is 2. The maximum Gasteiger partial charge on any atom is 0.265 e. The van der Waals surface area contributed by atoms with Crippen LogP contribution in [0.25, 0.3) is 0 Å². The summed E-state index contributed by atoms with van der Waals surface area (Å²) in [7, 11) is -3.48. The van der Waals surface area contributed by atoms with Crippen molar-refractivity contribution in [3.05, 3.63) is 48.5 Å². The molecule has 0 saturated heterocycles. The van der Waals surface area contributed by atoms with E-state index in [1.807, 2.05) is 12.1 Å². The molecule has 7 nitrogen and oxygen atoms in total. The number of ether oxygens (including phenoxy) is 2. The Labute approximate surface area is 177 Å². The van der Waals surface area contributed by atoms with Gasteiger partial charge < -0.3 is 14.8 Å². The summed E-state index contributed by atoms with van der Waals surface area (Å²) in [5, 5.41) is 2.86. The monoisotopic (exact) mass is 430 g/mol. The molecule has 1 fully saturated rings. The van der Waals surface area contributed by atoms with E-state index in [1.54, 1.807) is 36.4 Å². The summed E-state index contributed by atoms with van der Waals surface area (Å²) < 4.78 is 37.5. The van der Waals surface area contributed by atoms with Gasteiger partial charge in [-0.2, -0.15) is 0 Å². The Morgan fingerprint density at radius 2 is 1.77 bits per heavy atom. The van der Waals surface area contributed by atoms with E-state index in [9.17, 15) is 13.2 Å². The van der Waals surface area contributed by atoms with Crippen LogP contribution in [0.3, 0.4) is 0 Å². The smallest absolute Gasteiger partial charge is 0.265 e. The SMILES string of the molecule is CS(=O)(=O)N1CC[C@@H](C(=O)Nc2ccc(OC3CCCC3)cc2)Oc2ccccc21. The lowest BCUT2D eigenvalue weighted by Crippen LogP contribution is -2.35. The normalized spacial score (nSPS) is 19.5. The van der Waals surface area contributed by atoms with E-state index in [0.29, 0.717) is 17.1 Å². The number of carbonyl (C=O) groups excluding carboxylic acids is 1. The Kier molecular flexibility index (Phi) is 5.85. The van der Waals surface area contributed by atoms with Gasteiger partial charge in [-0.25, -0.2) is 8.42 Å². The van der Waals surface area contributed by atoms with Gasteiger partial charge in [0, 0.05) is 18.7 Å². The third-order valence-electron chi connectivity index (χ3n) is 5.42. The molecule has 2 aromatic carbocycles. The second-order valence-corrected chi connectivity index (χ2v) is 9.64. The fourth-order valence-corrected chi connectivity index (χ4v) is 4.84. The lowest BCUT2D eigenvalue weighted by molar-refractivity contribution is -0.122. The zero-order valence-corrected chi connectivity index (χ0v) is 17.7. The van der Waals surface area contributed by atoms with Crippen LogP contribution in [0, 0.1) is 0 Å². The van der Waals surface area contributed by atoms with E-state index in [-0.39, 0.29) is 25.0 Å². The molecule has 2 aromatic rings. The van der Waals surface area contributed by atoms with Crippen molar-refractivity contribution in [1.29, 1.82) is 0 Å². The summed E-state index contributed by atoms with van der Waals surface area (Å²) in [6.45, 7) is 0.169. The second kappa shape index (κ2) is 8.55. The molecule has 1 aliphatic heterocycles. The van der Waals surface area contributed by atoms with Crippen molar-refractivity contribution < 1.29 is 22.7 Å². The van der Waals surface area contributed by atoms with Gasteiger partial charge in [-0.15, -0.1) is 0 Å². The van der Waals surface area contributed by atoms with Crippen LogP contribution >= 0.6 is 0 Å². The molecule has 1 heterocycles. The fraction of sp³-hybridized carbons (Fsp3) is 0.409. The van der Waals surface area contributed by atoms with Crippen LogP contribution < -0.4 is 19.1 Å². The lowest BCUT2D eigenvalue weighted by Gasteiger charge is -2.20. The van der Waals surface area contributed by atoms with Gasteiger partial charge in [0.25, 0.3) is 5.91 Å². The molecule has 1 aliphatic carbocycles. The largest absolute Gasteiger partial charge is 0.490 e. The first-order valence-corrected chi connectivity index (χ1v) is 12.1. The van der Waals surface area contributed by atoms with Crippen LogP contribution in [-0.2, 0) is 14.8 Å². The molecule has 4 rings (SSSR count). The van der Waals surface area contributed by atoms with Crippen LogP contribution in [0.15, 0.2) is 48.5 Å². The predicted molar refractivity (Wildman–Crippen MR) is 116 cm³/mol. The molecule has 1 saturated carbocycles. The van der Waals surface area contributed by atoms with E-state index in [4.69, 9.17) is 9.47 Å². The highest BCUT2D eigenvalue weighted by Gasteiger charge is 2.31. The highest BCUT2D eigenvalue weighted by atomic mass is 32.2. The first-order valence-electron chi connectivity index (χ1n) is 10.2. The van der Waals surface area contributed by atoms with Crippen molar-refractivity contribution in [2.75, 3.05) is 22.4 Å². The number of anilines is 2. The van der Waals surface area contributed by atoms with Crippen molar-refractivity contribution >= 4 is 27.3 Å². The highest BCUT2D eigenvalue weighted by Crippen LogP contribution is 2.34. The Bertz CT molecular complexity index is 1000. The molecule has 30 heavy (non-hydrogen) atoms. The van der Waals surface area contributed by atoms with Crippen LogP contribution in [-0.4, -0.2) is 39.3 Å². The van der Waals surface area contributed by atoms with Gasteiger partial charge in [-0.3, -0.25) is 9.10 Å². The maximum atomic E-state index is 12.8. The van der Waals surface area contributed by atoms with Gasteiger partial charge in [0.1, 0.15) is 11.5 Å². The molecule has 0 radical (unpaired) electrons. The van der Waals surface area contributed by atoms with Crippen molar-refractivity contribution in [1.82, 2.24) is 0 Å². The summed E-state index contributed by atoms with van der Waals surface area (Å²) in [6.07, 6.45) is 5.47. The van der Waals surface area contributed by atoms with E-state index in [2.05, 4.69) is 5.32 Å². The minimum absolute atomic E-state index is 0.169. The molecule has 2 aliphatic rings. The summed E-state index contributed by atoms with van der Waals surface area (Å²) in [5.41, 5.74) is 1.09. The highest BCUT2D eigenvalue weighted by molar-refractivity contribution is 7.92. The van der Waals surface area contributed by atoms with Crippen LogP contribution in [0.2, 0.25) is 0 Å². The number of nitrogens with zero attached hydrogens (tertiary/aromatic N) is 1. The van der Waals surface area contributed by atoms with Gasteiger partial charge in [0.15, 0.2) is 6.10 Å². The molecule has 1 atom stereocenters. The van der Waals surface area contributed by atoms with Crippen molar-refractivity contribution in [2.24, 2.45) is 0 Å². The fourth-order valence-electron chi connectivity index (χ4n) is 3.90. The lowest BCUT2D eigenvalue weighted by atomic mass is 10.2. The van der Waals surface area contributed by atoms with Crippen molar-refractivity contribution in [3.63, 3.8) is 0 Å². The molecule has 160 valence electrons. The summed E-state index contributed by atoms with van der Waals surface area (Å²) in [4.78, 5) is 12.8. The van der Waals surface area contributed by atoms with Gasteiger partial charge >= 0.3 is 0 Å². The third kappa shape index (κ3) is 4.70. The van der Waals surface area contributed by atoms with Gasteiger partial charge in [0.2, 0.25) is 10.0 Å².